The zero-order valence-corrected chi connectivity index (χ0v) is 6.63. The number of halogens is 1. The Morgan fingerprint density at radius 2 is 2.22 bits per heavy atom. The van der Waals surface area contributed by atoms with Crippen LogP contribution in [-0.4, -0.2) is 27.1 Å². The van der Waals surface area contributed by atoms with Crippen molar-refractivity contribution in [3.05, 3.63) is 0 Å². The highest BCUT2D eigenvalue weighted by atomic mass is 79.9. The summed E-state index contributed by atoms with van der Waals surface area (Å²) in [5.74, 6) is -1.02. The lowest BCUT2D eigenvalue weighted by Gasteiger charge is -2.09. The van der Waals surface area contributed by atoms with E-state index in [0.29, 0.717) is 6.42 Å². The molecule has 0 amide bonds. The molecular formula is C5H9BrO3. The number of carboxylic acids is 1. The molecule has 0 radical (unpaired) electrons. The van der Waals surface area contributed by atoms with Gasteiger partial charge in [-0.3, -0.25) is 4.79 Å². The average Bonchev–Trinajstić information content (AvgIpc) is 1.84. The molecule has 2 N–H and O–H groups in total. The average molecular weight is 197 g/mol. The fourth-order valence-electron chi connectivity index (χ4n) is 0.372. The largest absolute Gasteiger partial charge is 0.480 e. The maximum Gasteiger partial charge on any atom is 0.319 e. The van der Waals surface area contributed by atoms with Gasteiger partial charge in [0.15, 0.2) is 0 Å². The van der Waals surface area contributed by atoms with E-state index >= 15 is 0 Å². The predicted octanol–water partition coefficient (Wildman–Crippen LogP) is 0.605. The highest BCUT2D eigenvalue weighted by Crippen LogP contribution is 2.08. The smallest absolute Gasteiger partial charge is 0.319 e. The first-order valence-electron chi connectivity index (χ1n) is 2.64. The second-order valence-corrected chi connectivity index (χ2v) is 2.70. The minimum absolute atomic E-state index is 0.447. The van der Waals surface area contributed by atoms with E-state index in [-0.39, 0.29) is 0 Å². The standard InChI is InChI=1S/C5H9BrO3/c1-2-3(7)4(6)5(8)9/h3-4,7H,2H2,1H3,(H,8,9)/t3-,4-/m1/s1. The van der Waals surface area contributed by atoms with Gasteiger partial charge in [-0.25, -0.2) is 0 Å². The lowest BCUT2D eigenvalue weighted by molar-refractivity contribution is -0.138. The van der Waals surface area contributed by atoms with Crippen LogP contribution < -0.4 is 0 Å². The molecular weight excluding hydrogens is 188 g/mol. The SMILES string of the molecule is CC[C@@H](O)[C@@H](Br)C(=O)O. The third-order valence-electron chi connectivity index (χ3n) is 0.992. The quantitative estimate of drug-likeness (QED) is 0.651. The topological polar surface area (TPSA) is 57.5 Å². The summed E-state index contributed by atoms with van der Waals surface area (Å²) >= 11 is 2.82. The van der Waals surface area contributed by atoms with Gasteiger partial charge in [-0.15, -0.1) is 0 Å². The van der Waals surface area contributed by atoms with Crippen molar-refractivity contribution < 1.29 is 15.0 Å². The summed E-state index contributed by atoms with van der Waals surface area (Å²) in [7, 11) is 0. The van der Waals surface area contributed by atoms with Crippen LogP contribution in [0.1, 0.15) is 13.3 Å². The molecule has 0 aromatic rings. The molecule has 2 atom stereocenters. The van der Waals surface area contributed by atoms with Gasteiger partial charge in [0, 0.05) is 0 Å². The van der Waals surface area contributed by atoms with Gasteiger partial charge in [0.1, 0.15) is 4.83 Å². The monoisotopic (exact) mass is 196 g/mol. The molecule has 0 rings (SSSR count). The van der Waals surface area contributed by atoms with E-state index in [4.69, 9.17) is 10.2 Å². The van der Waals surface area contributed by atoms with Gasteiger partial charge in [0.25, 0.3) is 0 Å². The molecule has 0 spiro atoms. The van der Waals surface area contributed by atoms with Crippen molar-refractivity contribution >= 4 is 21.9 Å². The first-order valence-corrected chi connectivity index (χ1v) is 3.56. The summed E-state index contributed by atoms with van der Waals surface area (Å²) < 4.78 is 0. The Bertz CT molecular complexity index is 104. The molecule has 0 bridgehead atoms. The van der Waals surface area contributed by atoms with Crippen LogP contribution >= 0.6 is 15.9 Å². The van der Waals surface area contributed by atoms with Crippen LogP contribution in [0.3, 0.4) is 0 Å². The molecule has 0 aromatic carbocycles. The van der Waals surface area contributed by atoms with Crippen LogP contribution in [0.25, 0.3) is 0 Å². The highest BCUT2D eigenvalue weighted by molar-refractivity contribution is 9.10. The minimum atomic E-state index is -1.02. The Kier molecular flexibility index (Phi) is 3.81. The van der Waals surface area contributed by atoms with Crippen LogP contribution in [0.4, 0.5) is 0 Å². The normalized spacial score (nSPS) is 16.8. The van der Waals surface area contributed by atoms with Gasteiger partial charge in [-0.1, -0.05) is 22.9 Å². The number of carbonyl (C=O) groups is 1. The van der Waals surface area contributed by atoms with Crippen LogP contribution in [0.5, 0.6) is 0 Å². The Morgan fingerprint density at radius 3 is 2.33 bits per heavy atom. The van der Waals surface area contributed by atoms with Crippen molar-refractivity contribution in [3.63, 3.8) is 0 Å². The molecule has 0 aliphatic carbocycles. The van der Waals surface area contributed by atoms with Crippen LogP contribution in [0.2, 0.25) is 0 Å². The summed E-state index contributed by atoms with van der Waals surface area (Å²) in [6.07, 6.45) is -0.343. The molecule has 0 aliphatic heterocycles. The first kappa shape index (κ1) is 8.91. The number of aliphatic hydroxyl groups excluding tert-OH is 1. The Hall–Kier alpha value is -0.0900. The molecule has 9 heavy (non-hydrogen) atoms. The number of hydrogen-bond acceptors (Lipinski definition) is 2. The summed E-state index contributed by atoms with van der Waals surface area (Å²) in [5.41, 5.74) is 0. The first-order chi connectivity index (χ1) is 4.09. The Labute approximate surface area is 61.8 Å². The third kappa shape index (κ3) is 2.81. The summed E-state index contributed by atoms with van der Waals surface area (Å²) in [6.45, 7) is 1.72. The van der Waals surface area contributed by atoms with Crippen LogP contribution in [-0.2, 0) is 4.79 Å². The molecule has 0 saturated heterocycles. The van der Waals surface area contributed by atoms with Gasteiger partial charge in [-0.05, 0) is 6.42 Å². The number of hydrogen-bond donors (Lipinski definition) is 2. The third-order valence-corrected chi connectivity index (χ3v) is 1.99. The molecule has 0 unspecified atom stereocenters. The van der Waals surface area contributed by atoms with Crippen molar-refractivity contribution in [3.8, 4) is 0 Å². The molecule has 3 nitrogen and oxygen atoms in total. The van der Waals surface area contributed by atoms with Crippen LogP contribution in [0.15, 0.2) is 0 Å². The number of rotatable bonds is 3. The zero-order chi connectivity index (χ0) is 7.44. The molecule has 0 aromatic heterocycles. The fraction of sp³-hybridized carbons (Fsp3) is 0.800. The van der Waals surface area contributed by atoms with Gasteiger partial charge < -0.3 is 10.2 Å². The second-order valence-electron chi connectivity index (χ2n) is 1.72. The number of aliphatic hydroxyl groups is 1. The van der Waals surface area contributed by atoms with Gasteiger partial charge in [0.2, 0.25) is 0 Å². The molecule has 0 saturated carbocycles. The molecule has 4 heteroatoms. The molecule has 54 valence electrons. The maximum absolute atomic E-state index is 10.1. The highest BCUT2D eigenvalue weighted by Gasteiger charge is 2.20. The van der Waals surface area contributed by atoms with E-state index in [2.05, 4.69) is 15.9 Å². The summed E-state index contributed by atoms with van der Waals surface area (Å²) in [6, 6.07) is 0. The van der Waals surface area contributed by atoms with E-state index < -0.39 is 16.9 Å². The van der Waals surface area contributed by atoms with E-state index in [1.165, 1.54) is 0 Å². The number of alkyl halides is 1. The van der Waals surface area contributed by atoms with E-state index in [0.717, 1.165) is 0 Å². The van der Waals surface area contributed by atoms with E-state index in [1.54, 1.807) is 6.92 Å². The fourth-order valence-corrected chi connectivity index (χ4v) is 0.745. The lowest BCUT2D eigenvalue weighted by Crippen LogP contribution is -2.27. The van der Waals surface area contributed by atoms with Crippen LogP contribution in [0, 0.1) is 0 Å². The van der Waals surface area contributed by atoms with Crippen molar-refractivity contribution in [1.29, 1.82) is 0 Å². The number of carboxylic acid groups (broad SMARTS) is 1. The maximum atomic E-state index is 10.1. The summed E-state index contributed by atoms with van der Waals surface area (Å²) in [4.78, 5) is 9.26. The van der Waals surface area contributed by atoms with Crippen molar-refractivity contribution in [2.45, 2.75) is 24.3 Å². The van der Waals surface area contributed by atoms with E-state index in [9.17, 15) is 4.79 Å². The Morgan fingerprint density at radius 1 is 1.78 bits per heavy atom. The van der Waals surface area contributed by atoms with Gasteiger partial charge >= 0.3 is 5.97 Å². The predicted molar refractivity (Wildman–Crippen MR) is 36.6 cm³/mol. The molecule has 0 aliphatic rings. The van der Waals surface area contributed by atoms with Crippen molar-refractivity contribution in [1.82, 2.24) is 0 Å². The minimum Gasteiger partial charge on any atom is -0.480 e. The van der Waals surface area contributed by atoms with E-state index in [1.807, 2.05) is 0 Å². The van der Waals surface area contributed by atoms with Crippen molar-refractivity contribution in [2.75, 3.05) is 0 Å². The molecule has 0 heterocycles. The summed E-state index contributed by atoms with van der Waals surface area (Å²) in [5, 5.41) is 17.1. The van der Waals surface area contributed by atoms with Gasteiger partial charge in [0.05, 0.1) is 6.10 Å². The second kappa shape index (κ2) is 3.85. The zero-order valence-electron chi connectivity index (χ0n) is 5.04. The Balaban J connectivity index is 3.72. The lowest BCUT2D eigenvalue weighted by atomic mass is 10.2. The van der Waals surface area contributed by atoms with Crippen molar-refractivity contribution in [2.24, 2.45) is 0 Å². The number of aliphatic carboxylic acids is 1. The van der Waals surface area contributed by atoms with Gasteiger partial charge in [-0.2, -0.15) is 0 Å². The molecule has 0 fully saturated rings.